The molecule has 114 valence electrons. The minimum absolute atomic E-state index is 0.0859. The maximum Gasteiger partial charge on any atom is 0.110 e. The van der Waals surface area contributed by atoms with E-state index < -0.39 is 0 Å². The molecule has 1 N–H and O–H groups in total. The number of methoxy groups -OCH3 is 1. The molecular formula is C21H19NO. The Balaban J connectivity index is 1.99. The SMILES string of the molecule is COC(c1cccc2ccccc12)c1c(C)[nH]c2ccccc12. The van der Waals surface area contributed by atoms with Crippen LogP contribution in [-0.2, 0) is 4.74 Å². The zero-order chi connectivity index (χ0) is 15.8. The summed E-state index contributed by atoms with van der Waals surface area (Å²) in [6.07, 6.45) is -0.0859. The normalized spacial score (nSPS) is 12.8. The van der Waals surface area contributed by atoms with Gasteiger partial charge < -0.3 is 9.72 Å². The number of nitrogens with one attached hydrogen (secondary N) is 1. The van der Waals surface area contributed by atoms with Gasteiger partial charge in [0.05, 0.1) is 0 Å². The van der Waals surface area contributed by atoms with Crippen molar-refractivity contribution >= 4 is 21.7 Å². The zero-order valence-electron chi connectivity index (χ0n) is 13.3. The second-order valence-electron chi connectivity index (χ2n) is 5.89. The Morgan fingerprint density at radius 2 is 1.52 bits per heavy atom. The van der Waals surface area contributed by atoms with Gasteiger partial charge >= 0.3 is 0 Å². The van der Waals surface area contributed by atoms with Crippen LogP contribution in [0.3, 0.4) is 0 Å². The van der Waals surface area contributed by atoms with Gasteiger partial charge in [0.1, 0.15) is 6.10 Å². The fourth-order valence-corrected chi connectivity index (χ4v) is 3.52. The third kappa shape index (κ3) is 2.23. The van der Waals surface area contributed by atoms with Gasteiger partial charge in [-0.15, -0.1) is 0 Å². The summed E-state index contributed by atoms with van der Waals surface area (Å²) in [7, 11) is 1.79. The van der Waals surface area contributed by atoms with Crippen LogP contribution in [0.25, 0.3) is 21.7 Å². The molecule has 4 rings (SSSR count). The van der Waals surface area contributed by atoms with Crippen LogP contribution in [0, 0.1) is 6.92 Å². The average Bonchev–Trinajstić information content (AvgIpc) is 2.92. The molecule has 4 aromatic rings. The first-order chi connectivity index (χ1) is 11.3. The van der Waals surface area contributed by atoms with Crippen LogP contribution in [0.15, 0.2) is 66.7 Å². The van der Waals surface area contributed by atoms with E-state index in [1.807, 2.05) is 0 Å². The Hall–Kier alpha value is -2.58. The predicted octanol–water partition coefficient (Wildman–Crippen LogP) is 5.37. The summed E-state index contributed by atoms with van der Waals surface area (Å²) in [6, 6.07) is 23.3. The third-order valence-electron chi connectivity index (χ3n) is 4.55. The molecule has 1 unspecified atom stereocenters. The van der Waals surface area contributed by atoms with Crippen LogP contribution < -0.4 is 0 Å². The monoisotopic (exact) mass is 301 g/mol. The summed E-state index contributed by atoms with van der Waals surface area (Å²) in [4.78, 5) is 3.48. The van der Waals surface area contributed by atoms with Gasteiger partial charge in [-0.3, -0.25) is 0 Å². The highest BCUT2D eigenvalue weighted by atomic mass is 16.5. The Morgan fingerprint density at radius 3 is 2.35 bits per heavy atom. The van der Waals surface area contributed by atoms with E-state index >= 15 is 0 Å². The van der Waals surface area contributed by atoms with Crippen LogP contribution in [0.2, 0.25) is 0 Å². The first-order valence-electron chi connectivity index (χ1n) is 7.87. The molecule has 23 heavy (non-hydrogen) atoms. The molecular weight excluding hydrogens is 282 g/mol. The largest absolute Gasteiger partial charge is 0.372 e. The van der Waals surface area contributed by atoms with Gasteiger partial charge in [0.2, 0.25) is 0 Å². The van der Waals surface area contributed by atoms with Crippen LogP contribution in [-0.4, -0.2) is 12.1 Å². The highest BCUT2D eigenvalue weighted by Crippen LogP contribution is 2.36. The number of fused-ring (bicyclic) bond motifs is 2. The number of H-pyrrole nitrogens is 1. The van der Waals surface area contributed by atoms with Gasteiger partial charge in [-0.05, 0) is 29.3 Å². The second kappa shape index (κ2) is 5.56. The van der Waals surface area contributed by atoms with Gasteiger partial charge in [-0.2, -0.15) is 0 Å². The van der Waals surface area contributed by atoms with E-state index in [1.165, 1.54) is 27.3 Å². The Labute approximate surface area is 135 Å². The number of ether oxygens (including phenoxy) is 1. The van der Waals surface area contributed by atoms with Crippen LogP contribution in [0.4, 0.5) is 0 Å². The summed E-state index contributed by atoms with van der Waals surface area (Å²) >= 11 is 0. The minimum Gasteiger partial charge on any atom is -0.372 e. The van der Waals surface area contributed by atoms with Crippen molar-refractivity contribution in [3.8, 4) is 0 Å². The number of benzene rings is 3. The molecule has 0 aliphatic heterocycles. The van der Waals surface area contributed by atoms with Crippen molar-refractivity contribution in [2.24, 2.45) is 0 Å². The van der Waals surface area contributed by atoms with E-state index in [9.17, 15) is 0 Å². The lowest BCUT2D eigenvalue weighted by atomic mass is 9.94. The van der Waals surface area contributed by atoms with Crippen molar-refractivity contribution in [2.75, 3.05) is 7.11 Å². The number of aryl methyl sites for hydroxylation is 1. The second-order valence-corrected chi connectivity index (χ2v) is 5.89. The summed E-state index contributed by atoms with van der Waals surface area (Å²) in [6.45, 7) is 2.12. The molecule has 2 heteroatoms. The van der Waals surface area contributed by atoms with Gasteiger partial charge in [0.25, 0.3) is 0 Å². The van der Waals surface area contributed by atoms with E-state index in [1.54, 1.807) is 7.11 Å². The summed E-state index contributed by atoms with van der Waals surface area (Å²) in [5.41, 5.74) is 4.74. The maximum atomic E-state index is 5.96. The quantitative estimate of drug-likeness (QED) is 0.541. The predicted molar refractivity (Wildman–Crippen MR) is 95.8 cm³/mol. The molecule has 0 bridgehead atoms. The molecule has 2 nitrogen and oxygen atoms in total. The fourth-order valence-electron chi connectivity index (χ4n) is 3.52. The Bertz CT molecular complexity index is 978. The van der Waals surface area contributed by atoms with E-state index in [0.717, 1.165) is 11.2 Å². The summed E-state index contributed by atoms with van der Waals surface area (Å²) in [5.74, 6) is 0. The first-order valence-corrected chi connectivity index (χ1v) is 7.87. The first kappa shape index (κ1) is 14.0. The molecule has 0 saturated heterocycles. The molecule has 1 aromatic heterocycles. The number of aromatic amines is 1. The standard InChI is InChI=1S/C21H19NO/c1-14-20(18-11-5-6-13-19(18)22-14)21(23-2)17-12-7-9-15-8-3-4-10-16(15)17/h3-13,21-22H,1-2H3. The summed E-state index contributed by atoms with van der Waals surface area (Å²) in [5, 5.41) is 3.71. The minimum atomic E-state index is -0.0859. The molecule has 0 radical (unpaired) electrons. The fraction of sp³-hybridized carbons (Fsp3) is 0.143. The number of rotatable bonds is 3. The molecule has 3 aromatic carbocycles. The van der Waals surface area contributed by atoms with Crippen LogP contribution in [0.5, 0.6) is 0 Å². The Morgan fingerprint density at radius 1 is 0.826 bits per heavy atom. The number of hydrogen-bond acceptors (Lipinski definition) is 1. The van der Waals surface area contributed by atoms with Crippen molar-refractivity contribution < 1.29 is 4.74 Å². The van der Waals surface area contributed by atoms with Gasteiger partial charge in [0, 0.05) is 29.3 Å². The maximum absolute atomic E-state index is 5.96. The molecule has 0 fully saturated rings. The molecule has 1 atom stereocenters. The van der Waals surface area contributed by atoms with Crippen molar-refractivity contribution in [3.63, 3.8) is 0 Å². The average molecular weight is 301 g/mol. The Kier molecular flexibility index (Phi) is 3.40. The van der Waals surface area contributed by atoms with E-state index in [4.69, 9.17) is 4.74 Å². The molecule has 1 heterocycles. The summed E-state index contributed by atoms with van der Waals surface area (Å²) < 4.78 is 5.96. The lowest BCUT2D eigenvalue weighted by Gasteiger charge is -2.19. The van der Waals surface area contributed by atoms with Crippen LogP contribution >= 0.6 is 0 Å². The topological polar surface area (TPSA) is 25.0 Å². The zero-order valence-corrected chi connectivity index (χ0v) is 13.3. The third-order valence-corrected chi connectivity index (χ3v) is 4.55. The molecule has 0 aliphatic carbocycles. The highest BCUT2D eigenvalue weighted by molar-refractivity contribution is 5.89. The molecule has 0 amide bonds. The number of aromatic nitrogens is 1. The van der Waals surface area contributed by atoms with Gasteiger partial charge in [-0.1, -0.05) is 60.7 Å². The molecule has 0 saturated carbocycles. The lowest BCUT2D eigenvalue weighted by Crippen LogP contribution is -2.05. The molecule has 0 aliphatic rings. The van der Waals surface area contributed by atoms with Crippen molar-refractivity contribution in [3.05, 3.63) is 83.6 Å². The van der Waals surface area contributed by atoms with Crippen molar-refractivity contribution in [1.82, 2.24) is 4.98 Å². The lowest BCUT2D eigenvalue weighted by molar-refractivity contribution is 0.138. The molecule has 0 spiro atoms. The van der Waals surface area contributed by atoms with Gasteiger partial charge in [-0.25, -0.2) is 0 Å². The number of para-hydroxylation sites is 1. The van der Waals surface area contributed by atoms with Crippen molar-refractivity contribution in [1.29, 1.82) is 0 Å². The van der Waals surface area contributed by atoms with Crippen molar-refractivity contribution in [2.45, 2.75) is 13.0 Å². The smallest absolute Gasteiger partial charge is 0.110 e. The van der Waals surface area contributed by atoms with E-state index in [-0.39, 0.29) is 6.10 Å². The van der Waals surface area contributed by atoms with Crippen LogP contribution in [0.1, 0.15) is 22.9 Å². The van der Waals surface area contributed by atoms with Gasteiger partial charge in [0.15, 0.2) is 0 Å². The highest BCUT2D eigenvalue weighted by Gasteiger charge is 2.21. The number of hydrogen-bond donors (Lipinski definition) is 1. The van der Waals surface area contributed by atoms with E-state index in [0.29, 0.717) is 0 Å². The van der Waals surface area contributed by atoms with E-state index in [2.05, 4.69) is 78.6 Å².